The quantitative estimate of drug-likeness (QED) is 0.446. The number of hydrogen-bond acceptors (Lipinski definition) is 5. The Balaban J connectivity index is 1.40. The molecule has 192 valence electrons. The molecule has 1 heterocycles. The van der Waals surface area contributed by atoms with E-state index in [9.17, 15) is 27.1 Å². The van der Waals surface area contributed by atoms with E-state index in [1.807, 2.05) is 0 Å². The number of tetrazole rings is 1. The lowest BCUT2D eigenvalue weighted by Gasteiger charge is -2.74. The summed E-state index contributed by atoms with van der Waals surface area (Å²) < 4.78 is 103. The van der Waals surface area contributed by atoms with Crippen LogP contribution in [0.3, 0.4) is 0 Å². The largest absolute Gasteiger partial charge is 0.484 e. The van der Waals surface area contributed by atoms with Gasteiger partial charge in [-0.15, -0.1) is 10.2 Å². The second-order valence-electron chi connectivity index (χ2n) is 9.54. The molecule has 3 fully saturated rings. The number of halogens is 7. The van der Waals surface area contributed by atoms with Gasteiger partial charge in [0.05, 0.1) is 0 Å². The number of aromatic nitrogens is 4. The molecule has 2 bridgehead atoms. The van der Waals surface area contributed by atoms with Crippen molar-refractivity contribution in [3.63, 3.8) is 0 Å². The normalized spacial score (nSPS) is 25.0. The van der Waals surface area contributed by atoms with Gasteiger partial charge in [0.2, 0.25) is 0 Å². The van der Waals surface area contributed by atoms with Gasteiger partial charge in [-0.05, 0) is 65.8 Å². The number of nitrogens with zero attached hydrogens (tertiary/aromatic N) is 4. The lowest BCUT2D eigenvalue weighted by atomic mass is 9.30. The van der Waals surface area contributed by atoms with Gasteiger partial charge in [-0.25, -0.2) is 17.6 Å². The Kier molecular flexibility index (Phi) is 5.36. The molecule has 0 radical (unpaired) electrons. The fraction of sp³-hybridized carbons (Fsp3) is 0.435. The maximum atomic E-state index is 16.1. The van der Waals surface area contributed by atoms with Gasteiger partial charge in [-0.3, -0.25) is 0 Å². The van der Waals surface area contributed by atoms with Crippen molar-refractivity contribution in [2.75, 3.05) is 6.61 Å². The fourth-order valence-electron chi connectivity index (χ4n) is 5.57. The van der Waals surface area contributed by atoms with Gasteiger partial charge in [-0.2, -0.15) is 18.0 Å². The molecular weight excluding hydrogens is 497 g/mol. The highest BCUT2D eigenvalue weighted by molar-refractivity contribution is 5.44. The Morgan fingerprint density at radius 1 is 0.972 bits per heavy atom. The van der Waals surface area contributed by atoms with Crippen molar-refractivity contribution in [1.29, 1.82) is 0 Å². The monoisotopic (exact) mass is 516 g/mol. The van der Waals surface area contributed by atoms with E-state index in [1.165, 1.54) is 24.3 Å². The first-order chi connectivity index (χ1) is 16.8. The number of benzene rings is 2. The van der Waals surface area contributed by atoms with Crippen LogP contribution >= 0.6 is 0 Å². The minimum absolute atomic E-state index is 0.0148. The zero-order valence-electron chi connectivity index (χ0n) is 18.4. The molecule has 1 unspecified atom stereocenters. The molecule has 0 saturated heterocycles. The number of ether oxygens (including phenoxy) is 1. The molecule has 0 spiro atoms. The molecule has 1 atom stereocenters. The van der Waals surface area contributed by atoms with Crippen LogP contribution in [0.5, 0.6) is 5.75 Å². The van der Waals surface area contributed by atoms with Crippen LogP contribution in [0.4, 0.5) is 30.7 Å². The molecule has 6 rings (SSSR count). The minimum atomic E-state index is -4.50. The maximum absolute atomic E-state index is 16.1. The molecule has 36 heavy (non-hydrogen) atoms. The van der Waals surface area contributed by atoms with E-state index in [2.05, 4.69) is 20.1 Å². The predicted molar refractivity (Wildman–Crippen MR) is 109 cm³/mol. The van der Waals surface area contributed by atoms with Crippen LogP contribution in [0.25, 0.3) is 0 Å². The average Bonchev–Trinajstić information content (AvgIpc) is 3.25. The molecule has 3 aromatic rings. The summed E-state index contributed by atoms with van der Waals surface area (Å²) in [4.78, 5) is 0.680. The summed E-state index contributed by atoms with van der Waals surface area (Å²) in [5.74, 6) is -6.16. The van der Waals surface area contributed by atoms with Crippen molar-refractivity contribution in [2.45, 2.75) is 48.9 Å². The van der Waals surface area contributed by atoms with Gasteiger partial charge in [-0.1, -0.05) is 12.1 Å². The van der Waals surface area contributed by atoms with E-state index >= 15 is 8.78 Å². The highest BCUT2D eigenvalue weighted by Crippen LogP contribution is 2.80. The fourth-order valence-corrected chi connectivity index (χ4v) is 5.57. The van der Waals surface area contributed by atoms with Crippen LogP contribution in [0.15, 0.2) is 48.8 Å². The van der Waals surface area contributed by atoms with Crippen LogP contribution in [-0.4, -0.2) is 44.0 Å². The number of alkyl halides is 5. The summed E-state index contributed by atoms with van der Waals surface area (Å²) >= 11 is 0. The van der Waals surface area contributed by atoms with E-state index in [0.717, 1.165) is 12.4 Å². The molecule has 13 heteroatoms. The first kappa shape index (κ1) is 24.5. The summed E-state index contributed by atoms with van der Waals surface area (Å²) in [6, 6.07) is 7.65. The van der Waals surface area contributed by atoms with Gasteiger partial charge < -0.3 is 9.84 Å². The number of hydrogen-bond donors (Lipinski definition) is 1. The summed E-state index contributed by atoms with van der Waals surface area (Å²) in [5.41, 5.74) is -5.86. The van der Waals surface area contributed by atoms with Crippen molar-refractivity contribution in [3.05, 3.63) is 71.6 Å². The Morgan fingerprint density at radius 3 is 2.22 bits per heavy atom. The zero-order chi connectivity index (χ0) is 26.0. The van der Waals surface area contributed by atoms with Crippen molar-refractivity contribution >= 4 is 0 Å². The molecule has 3 aliphatic carbocycles. The molecule has 2 aromatic carbocycles. The average molecular weight is 516 g/mol. The van der Waals surface area contributed by atoms with Crippen LogP contribution in [0.1, 0.15) is 30.4 Å². The summed E-state index contributed by atoms with van der Waals surface area (Å²) in [6.45, 7) is -2.43. The minimum Gasteiger partial charge on any atom is -0.484 e. The number of rotatable bonds is 8. The third kappa shape index (κ3) is 3.71. The van der Waals surface area contributed by atoms with E-state index in [1.54, 1.807) is 0 Å². The second-order valence-corrected chi connectivity index (χ2v) is 9.54. The molecule has 1 N–H and O–H groups in total. The van der Waals surface area contributed by atoms with Gasteiger partial charge in [0.15, 0.2) is 18.5 Å². The van der Waals surface area contributed by atoms with E-state index in [4.69, 9.17) is 0 Å². The highest BCUT2D eigenvalue weighted by atomic mass is 19.4. The summed E-state index contributed by atoms with van der Waals surface area (Å²) in [6.07, 6.45) is -3.75. The molecule has 6 nitrogen and oxygen atoms in total. The Bertz CT molecular complexity index is 1240. The molecule has 0 amide bonds. The van der Waals surface area contributed by atoms with Crippen LogP contribution in [-0.2, 0) is 17.6 Å². The first-order valence-electron chi connectivity index (χ1n) is 10.9. The predicted octanol–water partition coefficient (Wildman–Crippen LogP) is 4.54. The SMILES string of the molecule is OC(Cn1ncnn1)(c1cc(F)ccc1F)C(F)(F)C12CC(c3ccc(OCC(F)(F)F)cc3)(C1)C2. The molecule has 0 aliphatic heterocycles. The van der Waals surface area contributed by atoms with Crippen LogP contribution in [0.2, 0.25) is 0 Å². The maximum Gasteiger partial charge on any atom is 0.422 e. The van der Waals surface area contributed by atoms with Crippen LogP contribution < -0.4 is 4.74 Å². The standard InChI is InChI=1S/C23H19F7N4O2/c24-15-3-6-18(25)17(7-15)21(35,11-34-32-13-31-33-34)23(29,30)20-8-19(9-20,10-20)14-1-4-16(5-2-14)36-12-22(26,27)28/h1-7,13,35H,8-12H2. The lowest BCUT2D eigenvalue weighted by molar-refractivity contribution is -0.348. The lowest BCUT2D eigenvalue weighted by Crippen LogP contribution is -2.76. The van der Waals surface area contributed by atoms with Gasteiger partial charge >= 0.3 is 6.18 Å². The van der Waals surface area contributed by atoms with Crippen molar-refractivity contribution in [3.8, 4) is 5.75 Å². The third-order valence-electron chi connectivity index (χ3n) is 7.22. The second kappa shape index (κ2) is 7.89. The molecular formula is C23H19F7N4O2. The van der Waals surface area contributed by atoms with Crippen molar-refractivity contribution in [1.82, 2.24) is 20.2 Å². The third-order valence-corrected chi connectivity index (χ3v) is 7.22. The van der Waals surface area contributed by atoms with Crippen LogP contribution in [0, 0.1) is 17.0 Å². The Hall–Kier alpha value is -3.22. The van der Waals surface area contributed by atoms with Gasteiger partial charge in [0, 0.05) is 11.0 Å². The van der Waals surface area contributed by atoms with Crippen molar-refractivity contribution < 1.29 is 40.6 Å². The highest BCUT2D eigenvalue weighted by Gasteiger charge is 2.82. The molecule has 3 saturated carbocycles. The topological polar surface area (TPSA) is 73.1 Å². The smallest absolute Gasteiger partial charge is 0.422 e. The van der Waals surface area contributed by atoms with E-state index in [-0.39, 0.29) is 25.0 Å². The summed E-state index contributed by atoms with van der Waals surface area (Å²) in [5, 5.41) is 21.9. The number of aliphatic hydroxyl groups is 1. The molecule has 3 aliphatic rings. The zero-order valence-corrected chi connectivity index (χ0v) is 18.4. The van der Waals surface area contributed by atoms with Gasteiger partial charge in [0.1, 0.15) is 23.9 Å². The van der Waals surface area contributed by atoms with Gasteiger partial charge in [0.25, 0.3) is 5.92 Å². The van der Waals surface area contributed by atoms with E-state index < -0.39 is 58.9 Å². The van der Waals surface area contributed by atoms with E-state index in [0.29, 0.717) is 22.5 Å². The Morgan fingerprint density at radius 2 is 1.64 bits per heavy atom. The molecule has 1 aromatic heterocycles. The van der Waals surface area contributed by atoms with Crippen molar-refractivity contribution in [2.24, 2.45) is 5.41 Å². The summed E-state index contributed by atoms with van der Waals surface area (Å²) in [7, 11) is 0. The first-order valence-corrected chi connectivity index (χ1v) is 10.9. The Labute approximate surface area is 199 Å².